The Balaban J connectivity index is 3.07. The lowest BCUT2D eigenvalue weighted by Gasteiger charge is -2.35. The lowest BCUT2D eigenvalue weighted by molar-refractivity contribution is -0.120. The van der Waals surface area contributed by atoms with Gasteiger partial charge in [-0.1, -0.05) is 26.8 Å². The number of amides is 1. The van der Waals surface area contributed by atoms with E-state index >= 15 is 0 Å². The highest BCUT2D eigenvalue weighted by atomic mass is 16.1. The minimum absolute atomic E-state index is 0.0383. The number of carbonyl (C=O) groups excluding carboxylic acids is 1. The first-order valence-electron chi connectivity index (χ1n) is 7.13. The van der Waals surface area contributed by atoms with Gasteiger partial charge in [-0.25, -0.2) is 0 Å². The van der Waals surface area contributed by atoms with Gasteiger partial charge in [-0.2, -0.15) is 0 Å². The summed E-state index contributed by atoms with van der Waals surface area (Å²) in [6, 6.07) is 3.80. The number of primary amides is 1. The van der Waals surface area contributed by atoms with Crippen LogP contribution in [-0.4, -0.2) is 34.9 Å². The molecule has 1 amide bonds. The number of hydrogen-bond acceptors (Lipinski definition) is 4. The first-order chi connectivity index (χ1) is 9.45. The Morgan fingerprint density at radius 3 is 2.60 bits per heavy atom. The van der Waals surface area contributed by atoms with Gasteiger partial charge in [0.1, 0.15) is 0 Å². The molecule has 0 aliphatic heterocycles. The van der Waals surface area contributed by atoms with E-state index < -0.39 is 0 Å². The molecule has 0 aromatic carbocycles. The fraction of sp³-hybridized carbons (Fsp3) is 0.600. The summed E-state index contributed by atoms with van der Waals surface area (Å²) in [5.74, 6) is 0.0976. The highest BCUT2D eigenvalue weighted by Gasteiger charge is 2.27. The van der Waals surface area contributed by atoms with Crippen molar-refractivity contribution in [2.75, 3.05) is 13.1 Å². The lowest BCUT2D eigenvalue weighted by atomic mass is 9.96. The van der Waals surface area contributed by atoms with E-state index in [1.165, 1.54) is 0 Å². The molecule has 0 aliphatic carbocycles. The molecule has 5 nitrogen and oxygen atoms in total. The van der Waals surface area contributed by atoms with Gasteiger partial charge in [0.25, 0.3) is 0 Å². The number of nitrogens with two attached hydrogens (primary N) is 2. The molecule has 4 N–H and O–H groups in total. The third kappa shape index (κ3) is 4.90. The number of pyridine rings is 1. The number of carbonyl (C=O) groups is 1. The van der Waals surface area contributed by atoms with Gasteiger partial charge in [0.05, 0.1) is 12.6 Å². The van der Waals surface area contributed by atoms with Gasteiger partial charge >= 0.3 is 0 Å². The van der Waals surface area contributed by atoms with E-state index in [4.69, 9.17) is 11.5 Å². The average molecular weight is 278 g/mol. The summed E-state index contributed by atoms with van der Waals surface area (Å²) in [4.78, 5) is 17.6. The predicted molar refractivity (Wildman–Crippen MR) is 80.8 cm³/mol. The van der Waals surface area contributed by atoms with Crippen LogP contribution in [0.3, 0.4) is 0 Å². The molecule has 20 heavy (non-hydrogen) atoms. The zero-order valence-electron chi connectivity index (χ0n) is 12.6. The summed E-state index contributed by atoms with van der Waals surface area (Å²) in [7, 11) is 0. The quantitative estimate of drug-likeness (QED) is 0.750. The van der Waals surface area contributed by atoms with Crippen LogP contribution in [0.2, 0.25) is 0 Å². The van der Waals surface area contributed by atoms with E-state index in [9.17, 15) is 4.79 Å². The van der Waals surface area contributed by atoms with Crippen LogP contribution in [0.5, 0.6) is 0 Å². The van der Waals surface area contributed by atoms with Crippen LogP contribution in [0.15, 0.2) is 24.5 Å². The van der Waals surface area contributed by atoms with Crippen molar-refractivity contribution in [3.05, 3.63) is 30.1 Å². The molecule has 0 aliphatic rings. The molecule has 5 heteroatoms. The van der Waals surface area contributed by atoms with Crippen molar-refractivity contribution >= 4 is 5.91 Å². The summed E-state index contributed by atoms with van der Waals surface area (Å²) >= 11 is 0. The van der Waals surface area contributed by atoms with E-state index in [-0.39, 0.29) is 24.5 Å². The van der Waals surface area contributed by atoms with Crippen molar-refractivity contribution in [2.45, 2.75) is 39.3 Å². The van der Waals surface area contributed by atoms with Crippen LogP contribution in [-0.2, 0) is 4.79 Å². The van der Waals surface area contributed by atoms with E-state index in [1.807, 2.05) is 25.3 Å². The third-order valence-corrected chi connectivity index (χ3v) is 3.25. The van der Waals surface area contributed by atoms with Gasteiger partial charge < -0.3 is 11.5 Å². The van der Waals surface area contributed by atoms with Crippen molar-refractivity contribution in [3.8, 4) is 0 Å². The fourth-order valence-electron chi connectivity index (χ4n) is 2.45. The van der Waals surface area contributed by atoms with Gasteiger partial charge in [0.2, 0.25) is 5.91 Å². The molecule has 2 atom stereocenters. The Bertz CT molecular complexity index is 408. The molecule has 0 spiro atoms. The van der Waals surface area contributed by atoms with Crippen LogP contribution >= 0.6 is 0 Å². The summed E-state index contributed by atoms with van der Waals surface area (Å²) in [5, 5.41) is 0. The zero-order chi connectivity index (χ0) is 15.1. The maximum atomic E-state index is 11.4. The fourth-order valence-corrected chi connectivity index (χ4v) is 2.45. The SMILES string of the molecule is CCC(N)C(c1cccnc1)N(CC(N)=O)CC(C)C. The second-order valence-corrected chi connectivity index (χ2v) is 5.59. The average Bonchev–Trinajstić information content (AvgIpc) is 2.38. The van der Waals surface area contributed by atoms with Crippen LogP contribution in [0, 0.1) is 5.92 Å². The van der Waals surface area contributed by atoms with Gasteiger partial charge in [0, 0.05) is 25.0 Å². The molecule has 1 aromatic heterocycles. The largest absolute Gasteiger partial charge is 0.369 e. The van der Waals surface area contributed by atoms with Gasteiger partial charge in [-0.05, 0) is 24.0 Å². The molecule has 1 rings (SSSR count). The van der Waals surface area contributed by atoms with Crippen LogP contribution in [0.25, 0.3) is 0 Å². The number of aromatic nitrogens is 1. The standard InChI is InChI=1S/C15H26N4O/c1-4-13(16)15(12-6-5-7-18-8-12)19(9-11(2)3)10-14(17)20/h5-8,11,13,15H,4,9-10,16H2,1-3H3,(H2,17,20). The number of hydrogen-bond donors (Lipinski definition) is 2. The molecule has 2 unspecified atom stereocenters. The minimum Gasteiger partial charge on any atom is -0.369 e. The molecule has 0 bridgehead atoms. The molecule has 0 radical (unpaired) electrons. The molecule has 1 heterocycles. The maximum absolute atomic E-state index is 11.4. The lowest BCUT2D eigenvalue weighted by Crippen LogP contribution is -2.46. The Morgan fingerprint density at radius 1 is 1.45 bits per heavy atom. The van der Waals surface area contributed by atoms with E-state index in [2.05, 4.69) is 23.7 Å². The molecular weight excluding hydrogens is 252 g/mol. The first-order valence-corrected chi connectivity index (χ1v) is 7.13. The zero-order valence-corrected chi connectivity index (χ0v) is 12.6. The Hall–Kier alpha value is -1.46. The Labute approximate surface area is 121 Å². The highest BCUT2D eigenvalue weighted by Crippen LogP contribution is 2.25. The molecular formula is C15H26N4O. The van der Waals surface area contributed by atoms with Crippen molar-refractivity contribution in [1.82, 2.24) is 9.88 Å². The molecule has 1 aromatic rings. The van der Waals surface area contributed by atoms with Crippen molar-refractivity contribution in [1.29, 1.82) is 0 Å². The minimum atomic E-state index is -0.331. The highest BCUT2D eigenvalue weighted by molar-refractivity contribution is 5.76. The first kappa shape index (κ1) is 16.6. The normalized spacial score (nSPS) is 14.5. The number of nitrogens with zero attached hydrogens (tertiary/aromatic N) is 2. The van der Waals surface area contributed by atoms with Crippen molar-refractivity contribution in [3.63, 3.8) is 0 Å². The topological polar surface area (TPSA) is 85.2 Å². The smallest absolute Gasteiger partial charge is 0.231 e. The summed E-state index contributed by atoms with van der Waals surface area (Å²) in [6.45, 7) is 7.27. The second kappa shape index (κ2) is 7.97. The van der Waals surface area contributed by atoms with E-state index in [0.29, 0.717) is 5.92 Å². The van der Waals surface area contributed by atoms with Crippen LogP contribution < -0.4 is 11.5 Å². The van der Waals surface area contributed by atoms with Gasteiger partial charge in [0.15, 0.2) is 0 Å². The molecule has 0 saturated heterocycles. The maximum Gasteiger partial charge on any atom is 0.231 e. The third-order valence-electron chi connectivity index (χ3n) is 3.25. The van der Waals surface area contributed by atoms with E-state index in [0.717, 1.165) is 18.5 Å². The van der Waals surface area contributed by atoms with Crippen LogP contribution in [0.1, 0.15) is 38.8 Å². The monoisotopic (exact) mass is 278 g/mol. The van der Waals surface area contributed by atoms with Gasteiger partial charge in [-0.3, -0.25) is 14.7 Å². The Morgan fingerprint density at radius 2 is 2.15 bits per heavy atom. The van der Waals surface area contributed by atoms with E-state index in [1.54, 1.807) is 6.20 Å². The molecule has 0 saturated carbocycles. The molecule has 112 valence electrons. The Kier molecular flexibility index (Phi) is 6.61. The van der Waals surface area contributed by atoms with Gasteiger partial charge in [-0.15, -0.1) is 0 Å². The second-order valence-electron chi connectivity index (χ2n) is 5.59. The number of rotatable bonds is 8. The van der Waals surface area contributed by atoms with Crippen molar-refractivity contribution < 1.29 is 4.79 Å². The van der Waals surface area contributed by atoms with Crippen molar-refractivity contribution in [2.24, 2.45) is 17.4 Å². The summed E-state index contributed by atoms with van der Waals surface area (Å²) < 4.78 is 0. The molecule has 0 fully saturated rings. The summed E-state index contributed by atoms with van der Waals surface area (Å²) in [6.07, 6.45) is 4.38. The summed E-state index contributed by atoms with van der Waals surface area (Å²) in [5.41, 5.74) is 12.7. The van der Waals surface area contributed by atoms with Crippen LogP contribution in [0.4, 0.5) is 0 Å². The predicted octanol–water partition coefficient (Wildman–Crippen LogP) is 1.30.